The number of pyridine rings is 1. The summed E-state index contributed by atoms with van der Waals surface area (Å²) >= 11 is 5.79. The van der Waals surface area contributed by atoms with Crippen molar-refractivity contribution < 1.29 is 4.79 Å². The zero-order valence-corrected chi connectivity index (χ0v) is 12.0. The van der Waals surface area contributed by atoms with Gasteiger partial charge in [0, 0.05) is 17.6 Å². The Morgan fingerprint density at radius 1 is 1.53 bits per heavy atom. The smallest absolute Gasteiger partial charge is 0.251 e. The number of rotatable bonds is 4. The van der Waals surface area contributed by atoms with Crippen molar-refractivity contribution in [3.63, 3.8) is 0 Å². The average molecular weight is 283 g/mol. The van der Waals surface area contributed by atoms with Crippen molar-refractivity contribution in [2.24, 2.45) is 0 Å². The lowest BCUT2D eigenvalue weighted by atomic mass is 9.75. The zero-order chi connectivity index (χ0) is 14.0. The molecule has 1 amide bonds. The van der Waals surface area contributed by atoms with E-state index in [-0.39, 0.29) is 22.4 Å². The molecular weight excluding hydrogens is 264 g/mol. The molecule has 1 aromatic heterocycles. The highest BCUT2D eigenvalue weighted by Crippen LogP contribution is 2.35. The minimum absolute atomic E-state index is 0.0953. The minimum Gasteiger partial charge on any atom is -0.384 e. The largest absolute Gasteiger partial charge is 0.384 e. The van der Waals surface area contributed by atoms with Crippen LogP contribution in [0, 0.1) is 0 Å². The molecule has 5 nitrogen and oxygen atoms in total. The number of nitrogens with two attached hydrogens (primary N) is 1. The number of hydrogen-bond donors (Lipinski definition) is 2. The van der Waals surface area contributed by atoms with Crippen molar-refractivity contribution in [3.8, 4) is 0 Å². The molecule has 104 valence electrons. The minimum atomic E-state index is -0.163. The lowest BCUT2D eigenvalue weighted by molar-refractivity contribution is 0.0557. The Labute approximate surface area is 118 Å². The maximum atomic E-state index is 12.1. The standard InChI is InChI=1S/C13H19ClN4O/c1-18(2)13(4-3-5-13)8-16-12(19)9-6-10(14)17-11(15)7-9/h6-7H,3-5,8H2,1-2H3,(H2,15,17)(H,16,19). The van der Waals surface area contributed by atoms with Crippen LogP contribution in [-0.2, 0) is 0 Å². The van der Waals surface area contributed by atoms with Crippen LogP contribution in [0.2, 0.25) is 5.15 Å². The van der Waals surface area contributed by atoms with Crippen LogP contribution in [0.3, 0.4) is 0 Å². The van der Waals surface area contributed by atoms with Crippen LogP contribution < -0.4 is 11.1 Å². The summed E-state index contributed by atoms with van der Waals surface area (Å²) < 4.78 is 0. The molecule has 0 aliphatic heterocycles. The Kier molecular flexibility index (Phi) is 3.96. The van der Waals surface area contributed by atoms with E-state index in [0.717, 1.165) is 12.8 Å². The van der Waals surface area contributed by atoms with Crippen LogP contribution in [0.5, 0.6) is 0 Å². The van der Waals surface area contributed by atoms with Crippen LogP contribution in [0.1, 0.15) is 29.6 Å². The Morgan fingerprint density at radius 2 is 2.21 bits per heavy atom. The van der Waals surface area contributed by atoms with E-state index >= 15 is 0 Å². The number of amides is 1. The number of likely N-dealkylation sites (N-methyl/N-ethyl adjacent to an activating group) is 1. The third-order valence-electron chi connectivity index (χ3n) is 3.89. The average Bonchev–Trinajstić information content (AvgIpc) is 2.25. The highest BCUT2D eigenvalue weighted by molar-refractivity contribution is 6.29. The Hall–Kier alpha value is -1.33. The Balaban J connectivity index is 2.01. The van der Waals surface area contributed by atoms with E-state index in [0.29, 0.717) is 12.1 Å². The number of anilines is 1. The van der Waals surface area contributed by atoms with Crippen molar-refractivity contribution in [1.82, 2.24) is 15.2 Å². The van der Waals surface area contributed by atoms with Gasteiger partial charge < -0.3 is 16.0 Å². The quantitative estimate of drug-likeness (QED) is 0.822. The number of hydrogen-bond acceptors (Lipinski definition) is 4. The van der Waals surface area contributed by atoms with Gasteiger partial charge in [-0.3, -0.25) is 4.79 Å². The van der Waals surface area contributed by atoms with Gasteiger partial charge in [-0.05, 0) is 45.5 Å². The first-order valence-electron chi connectivity index (χ1n) is 6.32. The maximum absolute atomic E-state index is 12.1. The first-order chi connectivity index (χ1) is 8.93. The number of halogens is 1. The Morgan fingerprint density at radius 3 is 2.68 bits per heavy atom. The molecule has 0 bridgehead atoms. The predicted molar refractivity (Wildman–Crippen MR) is 76.3 cm³/mol. The summed E-state index contributed by atoms with van der Waals surface area (Å²) in [7, 11) is 4.10. The first-order valence-corrected chi connectivity index (χ1v) is 6.69. The molecule has 0 spiro atoms. The lowest BCUT2D eigenvalue weighted by Gasteiger charge is -2.47. The van der Waals surface area contributed by atoms with E-state index in [2.05, 4.69) is 15.2 Å². The highest BCUT2D eigenvalue weighted by Gasteiger charge is 2.39. The molecule has 0 unspecified atom stereocenters. The summed E-state index contributed by atoms with van der Waals surface area (Å²) in [4.78, 5) is 18.1. The molecule has 6 heteroatoms. The van der Waals surface area contributed by atoms with E-state index in [1.165, 1.54) is 18.6 Å². The normalized spacial score (nSPS) is 17.1. The van der Waals surface area contributed by atoms with Crippen LogP contribution in [0.4, 0.5) is 5.82 Å². The van der Waals surface area contributed by atoms with Crippen LogP contribution >= 0.6 is 11.6 Å². The Bertz CT molecular complexity index is 465. The molecule has 1 aromatic rings. The SMILES string of the molecule is CN(C)C1(CNC(=O)c2cc(N)nc(Cl)c2)CCC1. The van der Waals surface area contributed by atoms with Gasteiger partial charge in [-0.1, -0.05) is 11.6 Å². The van der Waals surface area contributed by atoms with E-state index in [4.69, 9.17) is 17.3 Å². The van der Waals surface area contributed by atoms with Crippen molar-refractivity contribution in [2.45, 2.75) is 24.8 Å². The van der Waals surface area contributed by atoms with E-state index < -0.39 is 0 Å². The molecular formula is C13H19ClN4O. The van der Waals surface area contributed by atoms with Gasteiger partial charge in [0.1, 0.15) is 11.0 Å². The van der Waals surface area contributed by atoms with Gasteiger partial charge in [-0.25, -0.2) is 4.98 Å². The van der Waals surface area contributed by atoms with Crippen molar-refractivity contribution in [3.05, 3.63) is 22.8 Å². The fourth-order valence-corrected chi connectivity index (χ4v) is 2.58. The molecule has 0 saturated heterocycles. The van der Waals surface area contributed by atoms with Crippen molar-refractivity contribution in [1.29, 1.82) is 0 Å². The topological polar surface area (TPSA) is 71.2 Å². The van der Waals surface area contributed by atoms with Gasteiger partial charge in [-0.15, -0.1) is 0 Å². The molecule has 1 aliphatic rings. The van der Waals surface area contributed by atoms with Crippen LogP contribution in [0.15, 0.2) is 12.1 Å². The maximum Gasteiger partial charge on any atom is 0.251 e. The molecule has 3 N–H and O–H groups in total. The van der Waals surface area contributed by atoms with Crippen LogP contribution in [-0.4, -0.2) is 42.0 Å². The third kappa shape index (κ3) is 2.98. The molecule has 0 radical (unpaired) electrons. The molecule has 0 atom stereocenters. The lowest BCUT2D eigenvalue weighted by Crippen LogP contribution is -2.57. The third-order valence-corrected chi connectivity index (χ3v) is 4.08. The zero-order valence-electron chi connectivity index (χ0n) is 11.2. The van der Waals surface area contributed by atoms with E-state index in [9.17, 15) is 4.79 Å². The molecule has 2 rings (SSSR count). The second kappa shape index (κ2) is 5.35. The monoisotopic (exact) mass is 282 g/mol. The first kappa shape index (κ1) is 14.1. The second-order valence-electron chi connectivity index (χ2n) is 5.26. The van der Waals surface area contributed by atoms with Gasteiger partial charge in [0.15, 0.2) is 0 Å². The van der Waals surface area contributed by atoms with Gasteiger partial charge in [0.05, 0.1) is 0 Å². The van der Waals surface area contributed by atoms with Gasteiger partial charge in [0.25, 0.3) is 5.91 Å². The van der Waals surface area contributed by atoms with Crippen molar-refractivity contribution in [2.75, 3.05) is 26.4 Å². The van der Waals surface area contributed by atoms with Gasteiger partial charge in [0.2, 0.25) is 0 Å². The molecule has 1 saturated carbocycles. The fraction of sp³-hybridized carbons (Fsp3) is 0.538. The van der Waals surface area contributed by atoms with Crippen LogP contribution in [0.25, 0.3) is 0 Å². The summed E-state index contributed by atoms with van der Waals surface area (Å²) in [5.74, 6) is 0.0905. The highest BCUT2D eigenvalue weighted by atomic mass is 35.5. The molecule has 1 heterocycles. The molecule has 0 aromatic carbocycles. The van der Waals surface area contributed by atoms with Gasteiger partial charge in [-0.2, -0.15) is 0 Å². The molecule has 1 aliphatic carbocycles. The fourth-order valence-electron chi connectivity index (χ4n) is 2.36. The number of nitrogens with zero attached hydrogens (tertiary/aromatic N) is 2. The predicted octanol–water partition coefficient (Wildman–Crippen LogP) is 1.53. The summed E-state index contributed by atoms with van der Waals surface area (Å²) in [6.45, 7) is 0.638. The second-order valence-corrected chi connectivity index (χ2v) is 5.65. The summed E-state index contributed by atoms with van der Waals surface area (Å²) in [6.07, 6.45) is 3.43. The summed E-state index contributed by atoms with van der Waals surface area (Å²) in [6, 6.07) is 3.06. The number of nitrogen functional groups attached to an aromatic ring is 1. The van der Waals surface area contributed by atoms with E-state index in [1.807, 2.05) is 14.1 Å². The van der Waals surface area contributed by atoms with Crippen molar-refractivity contribution >= 4 is 23.3 Å². The molecule has 19 heavy (non-hydrogen) atoms. The summed E-state index contributed by atoms with van der Waals surface area (Å²) in [5.41, 5.74) is 6.13. The molecule has 1 fully saturated rings. The number of carbonyl (C=O) groups is 1. The van der Waals surface area contributed by atoms with Gasteiger partial charge >= 0.3 is 0 Å². The number of aromatic nitrogens is 1. The number of nitrogens with one attached hydrogen (secondary N) is 1. The van der Waals surface area contributed by atoms with E-state index in [1.54, 1.807) is 0 Å². The summed E-state index contributed by atoms with van der Waals surface area (Å²) in [5, 5.41) is 3.19. The number of carbonyl (C=O) groups excluding carboxylic acids is 1.